The van der Waals surface area contributed by atoms with Crippen molar-refractivity contribution in [2.75, 3.05) is 40.9 Å². The van der Waals surface area contributed by atoms with E-state index in [-0.39, 0.29) is 30.3 Å². The number of likely N-dealkylation sites (tertiary alicyclic amines) is 1. The molecule has 2 amide bonds. The van der Waals surface area contributed by atoms with Crippen LogP contribution in [0.4, 0.5) is 0 Å². The molecule has 1 aromatic carbocycles. The van der Waals surface area contributed by atoms with Gasteiger partial charge in [-0.25, -0.2) is 5.01 Å². The van der Waals surface area contributed by atoms with Crippen molar-refractivity contribution in [3.63, 3.8) is 0 Å². The second kappa shape index (κ2) is 10.4. The summed E-state index contributed by atoms with van der Waals surface area (Å²) in [5.74, 6) is 1.34. The fraction of sp³-hybridized carbons (Fsp3) is 0.458. The van der Waals surface area contributed by atoms with Crippen LogP contribution in [-0.4, -0.2) is 68.3 Å². The van der Waals surface area contributed by atoms with Gasteiger partial charge in [-0.3, -0.25) is 14.5 Å². The van der Waals surface area contributed by atoms with Crippen molar-refractivity contribution in [3.05, 3.63) is 46.2 Å². The van der Waals surface area contributed by atoms with E-state index in [9.17, 15) is 9.59 Å². The Hall–Kier alpha value is -2.91. The third-order valence-electron chi connectivity index (χ3n) is 6.33. The van der Waals surface area contributed by atoms with Gasteiger partial charge in [0.15, 0.2) is 11.5 Å². The number of thiophene rings is 1. The van der Waals surface area contributed by atoms with Gasteiger partial charge in [-0.05, 0) is 55.1 Å². The van der Waals surface area contributed by atoms with Crippen LogP contribution in [0.15, 0.2) is 40.8 Å². The third kappa shape index (κ3) is 5.04. The number of piperidine rings is 1. The molecule has 1 N–H and O–H groups in total. The summed E-state index contributed by atoms with van der Waals surface area (Å²) in [7, 11) is 4.88. The smallest absolute Gasteiger partial charge is 0.257 e. The van der Waals surface area contributed by atoms with Crippen molar-refractivity contribution in [2.24, 2.45) is 11.0 Å². The van der Waals surface area contributed by atoms with E-state index in [0.29, 0.717) is 17.9 Å². The summed E-state index contributed by atoms with van der Waals surface area (Å²) >= 11 is 1.62. The van der Waals surface area contributed by atoms with Crippen LogP contribution in [0.3, 0.4) is 0 Å². The predicted octanol–water partition coefficient (Wildman–Crippen LogP) is 2.90. The first-order valence-corrected chi connectivity index (χ1v) is 12.0. The maximum absolute atomic E-state index is 13.4. The number of methoxy groups -OCH3 is 2. The van der Waals surface area contributed by atoms with E-state index in [1.165, 1.54) is 0 Å². The number of nitrogens with zero attached hydrogens (tertiary/aromatic N) is 3. The number of ether oxygens (including phenoxy) is 2. The van der Waals surface area contributed by atoms with Gasteiger partial charge >= 0.3 is 0 Å². The highest BCUT2D eigenvalue weighted by atomic mass is 32.1. The molecular weight excluding hydrogens is 440 g/mol. The third-order valence-corrected chi connectivity index (χ3v) is 7.25. The molecule has 2 aliphatic heterocycles. The van der Waals surface area contributed by atoms with Gasteiger partial charge in [0.1, 0.15) is 0 Å². The predicted molar refractivity (Wildman–Crippen MR) is 128 cm³/mol. The van der Waals surface area contributed by atoms with E-state index in [2.05, 4.69) is 10.2 Å². The molecule has 1 atom stereocenters. The Morgan fingerprint density at radius 3 is 2.55 bits per heavy atom. The van der Waals surface area contributed by atoms with Crippen LogP contribution in [0.5, 0.6) is 11.5 Å². The van der Waals surface area contributed by atoms with Crippen molar-refractivity contribution in [1.29, 1.82) is 0 Å². The summed E-state index contributed by atoms with van der Waals surface area (Å²) in [5.41, 5.74) is 1.87. The number of amides is 2. The van der Waals surface area contributed by atoms with E-state index in [0.717, 1.165) is 42.1 Å². The Bertz CT molecular complexity index is 1020. The van der Waals surface area contributed by atoms with Gasteiger partial charge in [0.25, 0.3) is 5.91 Å². The summed E-state index contributed by atoms with van der Waals surface area (Å²) in [6.45, 7) is 1.73. The summed E-state index contributed by atoms with van der Waals surface area (Å²) < 4.78 is 10.9. The zero-order valence-electron chi connectivity index (χ0n) is 19.2. The van der Waals surface area contributed by atoms with E-state index in [4.69, 9.17) is 14.6 Å². The van der Waals surface area contributed by atoms with Gasteiger partial charge in [0.2, 0.25) is 5.91 Å². The average molecular weight is 471 g/mol. The lowest BCUT2D eigenvalue weighted by molar-refractivity contribution is -0.134. The first kappa shape index (κ1) is 23.3. The molecule has 0 saturated carbocycles. The molecule has 1 fully saturated rings. The number of rotatable bonds is 7. The molecule has 1 aromatic heterocycles. The molecule has 3 heterocycles. The Kier molecular flexibility index (Phi) is 7.29. The topological polar surface area (TPSA) is 83.5 Å². The van der Waals surface area contributed by atoms with Crippen LogP contribution in [0.25, 0.3) is 0 Å². The zero-order chi connectivity index (χ0) is 23.4. The SMILES string of the molecule is CNC(=O)C1CCN(CC(=O)N2N=C(c3cccs3)CC2c2ccc(OC)c(OC)c2)CC1. The number of hydrogen-bond acceptors (Lipinski definition) is 7. The minimum Gasteiger partial charge on any atom is -0.493 e. The number of carbonyl (C=O) groups excluding carboxylic acids is 2. The maximum atomic E-state index is 13.4. The molecule has 1 saturated heterocycles. The Balaban J connectivity index is 1.52. The molecule has 8 nitrogen and oxygen atoms in total. The molecular formula is C24H30N4O4S. The number of nitrogens with one attached hydrogen (secondary N) is 1. The molecule has 0 aliphatic carbocycles. The molecule has 0 radical (unpaired) electrons. The largest absolute Gasteiger partial charge is 0.493 e. The van der Waals surface area contributed by atoms with Gasteiger partial charge in [0, 0.05) is 19.4 Å². The Morgan fingerprint density at radius 2 is 1.91 bits per heavy atom. The maximum Gasteiger partial charge on any atom is 0.257 e. The van der Waals surface area contributed by atoms with Gasteiger partial charge in [-0.1, -0.05) is 12.1 Å². The summed E-state index contributed by atoms with van der Waals surface area (Å²) in [6, 6.07) is 9.57. The van der Waals surface area contributed by atoms with Crippen LogP contribution in [0.2, 0.25) is 0 Å². The zero-order valence-corrected chi connectivity index (χ0v) is 20.1. The first-order valence-electron chi connectivity index (χ1n) is 11.1. The fourth-order valence-corrected chi connectivity index (χ4v) is 5.19. The summed E-state index contributed by atoms with van der Waals surface area (Å²) in [6.07, 6.45) is 2.16. The molecule has 9 heteroatoms. The van der Waals surface area contributed by atoms with Gasteiger partial charge < -0.3 is 14.8 Å². The van der Waals surface area contributed by atoms with Gasteiger partial charge in [-0.2, -0.15) is 5.10 Å². The number of hydrazone groups is 1. The minimum atomic E-state index is -0.210. The lowest BCUT2D eigenvalue weighted by Gasteiger charge is -2.32. The quantitative estimate of drug-likeness (QED) is 0.673. The summed E-state index contributed by atoms with van der Waals surface area (Å²) in [5, 5.41) is 11.1. The summed E-state index contributed by atoms with van der Waals surface area (Å²) in [4.78, 5) is 28.5. The van der Waals surface area contributed by atoms with Crippen molar-refractivity contribution >= 4 is 28.9 Å². The molecule has 2 aliphatic rings. The average Bonchev–Trinajstić information content (AvgIpc) is 3.54. The number of benzene rings is 1. The van der Waals surface area contributed by atoms with Crippen molar-refractivity contribution in [1.82, 2.24) is 15.2 Å². The van der Waals surface area contributed by atoms with Crippen molar-refractivity contribution < 1.29 is 19.1 Å². The van der Waals surface area contributed by atoms with E-state index >= 15 is 0 Å². The molecule has 4 rings (SSSR count). The van der Waals surface area contributed by atoms with Crippen molar-refractivity contribution in [2.45, 2.75) is 25.3 Å². The molecule has 33 heavy (non-hydrogen) atoms. The monoisotopic (exact) mass is 470 g/mol. The second-order valence-electron chi connectivity index (χ2n) is 8.26. The molecule has 176 valence electrons. The Labute approximate surface area is 198 Å². The molecule has 1 unspecified atom stereocenters. The van der Waals surface area contributed by atoms with Crippen LogP contribution >= 0.6 is 11.3 Å². The van der Waals surface area contributed by atoms with E-state index in [1.807, 2.05) is 35.7 Å². The van der Waals surface area contributed by atoms with Crippen LogP contribution < -0.4 is 14.8 Å². The van der Waals surface area contributed by atoms with E-state index in [1.54, 1.807) is 37.6 Å². The lowest BCUT2D eigenvalue weighted by atomic mass is 9.96. The lowest BCUT2D eigenvalue weighted by Crippen LogP contribution is -2.44. The highest BCUT2D eigenvalue weighted by Crippen LogP contribution is 2.38. The highest BCUT2D eigenvalue weighted by Gasteiger charge is 2.35. The second-order valence-corrected chi connectivity index (χ2v) is 9.21. The first-order chi connectivity index (χ1) is 16.0. The number of hydrogen-bond donors (Lipinski definition) is 1. The van der Waals surface area contributed by atoms with Crippen LogP contribution in [0, 0.1) is 5.92 Å². The van der Waals surface area contributed by atoms with E-state index < -0.39 is 0 Å². The molecule has 0 spiro atoms. The minimum absolute atomic E-state index is 0.0242. The number of carbonyl (C=O) groups is 2. The van der Waals surface area contributed by atoms with Crippen LogP contribution in [-0.2, 0) is 9.59 Å². The fourth-order valence-electron chi connectivity index (χ4n) is 4.47. The van der Waals surface area contributed by atoms with Gasteiger partial charge in [-0.15, -0.1) is 11.3 Å². The van der Waals surface area contributed by atoms with Gasteiger partial charge in [0.05, 0.1) is 37.4 Å². The molecule has 0 bridgehead atoms. The van der Waals surface area contributed by atoms with Crippen molar-refractivity contribution in [3.8, 4) is 11.5 Å². The normalized spacial score (nSPS) is 19.3. The van der Waals surface area contributed by atoms with Crippen LogP contribution in [0.1, 0.15) is 35.7 Å². The Morgan fingerprint density at radius 1 is 1.15 bits per heavy atom. The highest BCUT2D eigenvalue weighted by molar-refractivity contribution is 7.12. The molecule has 2 aromatic rings. The standard InChI is InChI=1S/C24H30N4O4S/c1-25-24(30)16-8-10-27(11-9-16)15-23(29)28-19(14-18(26-28)22-5-4-12-33-22)17-6-7-20(31-2)21(13-17)32-3/h4-7,12-13,16,19H,8-11,14-15H2,1-3H3,(H,25,30).